The third-order valence-electron chi connectivity index (χ3n) is 4.24. The monoisotopic (exact) mass is 284 g/mol. The Hall–Kier alpha value is -1.25. The van der Waals surface area contributed by atoms with Crippen LogP contribution in [0.25, 0.3) is 0 Å². The first-order valence-corrected chi connectivity index (χ1v) is 8.43. The summed E-state index contributed by atoms with van der Waals surface area (Å²) < 4.78 is 0. The molecule has 1 unspecified atom stereocenters. The molecule has 104 valence electrons. The van der Waals surface area contributed by atoms with Crippen molar-refractivity contribution >= 4 is 11.8 Å². The molecule has 0 bridgehead atoms. The van der Waals surface area contributed by atoms with Gasteiger partial charge in [0.1, 0.15) is 6.10 Å². The Morgan fingerprint density at radius 3 is 2.60 bits per heavy atom. The number of rotatable bonds is 4. The Balaban J connectivity index is 1.91. The van der Waals surface area contributed by atoms with Crippen molar-refractivity contribution in [1.29, 1.82) is 0 Å². The van der Waals surface area contributed by atoms with Crippen LogP contribution in [0.4, 0.5) is 0 Å². The fraction of sp³-hybridized carbons (Fsp3) is 0.333. The van der Waals surface area contributed by atoms with Gasteiger partial charge in [-0.1, -0.05) is 48.9 Å². The molecule has 0 radical (unpaired) electrons. The molecular weight excluding hydrogens is 264 g/mol. The van der Waals surface area contributed by atoms with Crippen LogP contribution in [0, 0.1) is 0 Å². The van der Waals surface area contributed by atoms with Crippen LogP contribution in [0.2, 0.25) is 0 Å². The van der Waals surface area contributed by atoms with Gasteiger partial charge in [-0.15, -0.1) is 11.8 Å². The van der Waals surface area contributed by atoms with Crippen LogP contribution in [0.1, 0.15) is 48.0 Å². The number of thioether (sulfide) groups is 1. The minimum Gasteiger partial charge on any atom is -0.384 e. The average molecular weight is 284 g/mol. The fourth-order valence-corrected chi connectivity index (χ4v) is 3.43. The van der Waals surface area contributed by atoms with Gasteiger partial charge in [-0.25, -0.2) is 0 Å². The zero-order chi connectivity index (χ0) is 13.9. The lowest BCUT2D eigenvalue weighted by Crippen LogP contribution is -2.10. The number of hydrogen-bond donors (Lipinski definition) is 1. The van der Waals surface area contributed by atoms with Gasteiger partial charge in [0.15, 0.2) is 0 Å². The first-order chi connectivity index (χ1) is 9.79. The molecule has 2 aromatic rings. The Labute approximate surface area is 125 Å². The number of benzene rings is 2. The first-order valence-electron chi connectivity index (χ1n) is 7.20. The van der Waals surface area contributed by atoms with Crippen molar-refractivity contribution in [2.45, 2.75) is 36.2 Å². The third kappa shape index (κ3) is 2.63. The summed E-state index contributed by atoms with van der Waals surface area (Å²) in [6, 6.07) is 16.6. The van der Waals surface area contributed by atoms with E-state index in [0.717, 1.165) is 16.0 Å². The van der Waals surface area contributed by atoms with Crippen molar-refractivity contribution < 1.29 is 5.11 Å². The minimum atomic E-state index is -0.529. The maximum Gasteiger partial charge on any atom is 0.105 e. The number of hydrogen-bond acceptors (Lipinski definition) is 2. The third-order valence-corrected chi connectivity index (χ3v) is 5.05. The van der Waals surface area contributed by atoms with Gasteiger partial charge in [0, 0.05) is 4.90 Å². The van der Waals surface area contributed by atoms with Crippen molar-refractivity contribution in [3.63, 3.8) is 0 Å². The van der Waals surface area contributed by atoms with Gasteiger partial charge in [-0.3, -0.25) is 0 Å². The minimum absolute atomic E-state index is 0.529. The second kappa shape index (κ2) is 6.02. The van der Waals surface area contributed by atoms with Gasteiger partial charge in [0.05, 0.1) is 0 Å². The van der Waals surface area contributed by atoms with Gasteiger partial charge in [0.25, 0.3) is 0 Å². The van der Waals surface area contributed by atoms with E-state index in [0.29, 0.717) is 5.92 Å². The molecular formula is C18H20OS. The molecule has 2 heteroatoms. The second-order valence-corrected chi connectivity index (χ2v) is 6.29. The topological polar surface area (TPSA) is 20.2 Å². The molecule has 1 atom stereocenters. The van der Waals surface area contributed by atoms with E-state index >= 15 is 0 Å². The quantitative estimate of drug-likeness (QED) is 0.817. The lowest BCUT2D eigenvalue weighted by Gasteiger charge is -2.26. The molecule has 0 spiro atoms. The normalized spacial score (nSPS) is 16.7. The maximum atomic E-state index is 10.7. The molecule has 1 nitrogen and oxygen atoms in total. The average Bonchev–Trinajstić information content (AvgIpc) is 2.45. The van der Waals surface area contributed by atoms with Crippen LogP contribution in [-0.2, 0) is 0 Å². The highest BCUT2D eigenvalue weighted by Gasteiger charge is 2.21. The van der Waals surface area contributed by atoms with Gasteiger partial charge in [0.2, 0.25) is 0 Å². The lowest BCUT2D eigenvalue weighted by molar-refractivity contribution is 0.217. The van der Waals surface area contributed by atoms with E-state index in [4.69, 9.17) is 0 Å². The van der Waals surface area contributed by atoms with Crippen LogP contribution in [0.15, 0.2) is 53.4 Å². The van der Waals surface area contributed by atoms with E-state index in [9.17, 15) is 5.11 Å². The SMILES string of the molecule is CSc1ccccc1C(O)c1cccc(C2CCC2)c1. The molecule has 0 heterocycles. The molecule has 1 N–H and O–H groups in total. The van der Waals surface area contributed by atoms with Crippen LogP contribution < -0.4 is 0 Å². The number of aliphatic hydroxyl groups is 1. The summed E-state index contributed by atoms with van der Waals surface area (Å²) in [6.07, 6.45) is 5.45. The Morgan fingerprint density at radius 1 is 1.10 bits per heavy atom. The molecule has 1 fully saturated rings. The van der Waals surface area contributed by atoms with E-state index < -0.39 is 6.10 Å². The standard InChI is InChI=1S/C18H20OS/c1-20-17-11-3-2-10-16(17)18(19)15-9-5-8-14(12-15)13-6-4-7-13/h2-3,5,8-13,18-19H,4,6-7H2,1H3. The molecule has 20 heavy (non-hydrogen) atoms. The van der Waals surface area contributed by atoms with Gasteiger partial charge in [-0.05, 0) is 47.8 Å². The summed E-state index contributed by atoms with van der Waals surface area (Å²) in [5, 5.41) is 10.7. The summed E-state index contributed by atoms with van der Waals surface area (Å²) in [6.45, 7) is 0. The molecule has 0 amide bonds. The first kappa shape index (κ1) is 13.7. The van der Waals surface area contributed by atoms with E-state index in [1.165, 1.54) is 24.8 Å². The zero-order valence-electron chi connectivity index (χ0n) is 11.8. The van der Waals surface area contributed by atoms with Gasteiger partial charge >= 0.3 is 0 Å². The van der Waals surface area contributed by atoms with E-state index in [1.807, 2.05) is 24.3 Å². The molecule has 2 aromatic carbocycles. The molecule has 1 saturated carbocycles. The highest BCUT2D eigenvalue weighted by atomic mass is 32.2. The van der Waals surface area contributed by atoms with Crippen molar-refractivity contribution in [2.75, 3.05) is 6.26 Å². The Bertz CT molecular complexity index is 589. The van der Waals surface area contributed by atoms with Crippen LogP contribution in [0.3, 0.4) is 0 Å². The van der Waals surface area contributed by atoms with Gasteiger partial charge in [-0.2, -0.15) is 0 Å². The van der Waals surface area contributed by atoms with Gasteiger partial charge < -0.3 is 5.11 Å². The summed E-state index contributed by atoms with van der Waals surface area (Å²) in [5.74, 6) is 0.706. The summed E-state index contributed by atoms with van der Waals surface area (Å²) in [7, 11) is 0. The smallest absolute Gasteiger partial charge is 0.105 e. The van der Waals surface area contributed by atoms with E-state index in [-0.39, 0.29) is 0 Å². The summed E-state index contributed by atoms with van der Waals surface area (Å²) in [5.41, 5.74) is 3.40. The van der Waals surface area contributed by atoms with Crippen LogP contribution >= 0.6 is 11.8 Å². The summed E-state index contributed by atoms with van der Waals surface area (Å²) in [4.78, 5) is 1.15. The van der Waals surface area contributed by atoms with E-state index in [2.05, 4.69) is 30.5 Å². The largest absolute Gasteiger partial charge is 0.384 e. The Kier molecular flexibility index (Phi) is 4.13. The van der Waals surface area contributed by atoms with Crippen molar-refractivity contribution in [3.05, 3.63) is 65.2 Å². The van der Waals surface area contributed by atoms with E-state index in [1.54, 1.807) is 11.8 Å². The number of aliphatic hydroxyl groups excluding tert-OH is 1. The predicted molar refractivity (Wildman–Crippen MR) is 85.3 cm³/mol. The maximum absolute atomic E-state index is 10.7. The fourth-order valence-electron chi connectivity index (χ4n) is 2.80. The van der Waals surface area contributed by atoms with Crippen molar-refractivity contribution in [2.24, 2.45) is 0 Å². The molecule has 0 aromatic heterocycles. The summed E-state index contributed by atoms with van der Waals surface area (Å²) >= 11 is 1.68. The molecule has 1 aliphatic rings. The van der Waals surface area contributed by atoms with Crippen molar-refractivity contribution in [1.82, 2.24) is 0 Å². The Morgan fingerprint density at radius 2 is 1.90 bits per heavy atom. The highest BCUT2D eigenvalue weighted by Crippen LogP contribution is 2.38. The molecule has 0 saturated heterocycles. The second-order valence-electron chi connectivity index (χ2n) is 5.44. The zero-order valence-corrected chi connectivity index (χ0v) is 12.6. The predicted octanol–water partition coefficient (Wildman–Crippen LogP) is 4.76. The molecule has 3 rings (SSSR count). The van der Waals surface area contributed by atoms with Crippen LogP contribution in [0.5, 0.6) is 0 Å². The molecule has 0 aliphatic heterocycles. The highest BCUT2D eigenvalue weighted by molar-refractivity contribution is 7.98. The van der Waals surface area contributed by atoms with Crippen molar-refractivity contribution in [3.8, 4) is 0 Å². The lowest BCUT2D eigenvalue weighted by atomic mass is 9.79. The van der Waals surface area contributed by atoms with Crippen LogP contribution in [-0.4, -0.2) is 11.4 Å². The molecule has 1 aliphatic carbocycles.